The first-order valence-corrected chi connectivity index (χ1v) is 19.2. The van der Waals surface area contributed by atoms with E-state index in [0.29, 0.717) is 40.9 Å². The Labute approximate surface area is 284 Å². The maximum atomic E-state index is 11.3. The highest BCUT2D eigenvalue weighted by atomic mass is 16.3. The molecule has 1 unspecified atom stereocenters. The molecule has 0 heterocycles. The summed E-state index contributed by atoms with van der Waals surface area (Å²) in [6.45, 7) is 8.86. The second-order valence-electron chi connectivity index (χ2n) is 15.7. The molecule has 3 saturated carbocycles. The van der Waals surface area contributed by atoms with Crippen LogP contribution >= 0.6 is 0 Å². The molecule has 0 spiro atoms. The SMILES string of the molecule is CCC(CC(c1cc(C2CCCCC2)c(O)cc1C)c1cc(C2CCCCC2)c(O)cc1C)c1cc(C2CCCCC2)c(O)cc1C. The van der Waals surface area contributed by atoms with E-state index >= 15 is 0 Å². The van der Waals surface area contributed by atoms with Crippen molar-refractivity contribution in [2.24, 2.45) is 0 Å². The normalized spacial score (nSPS) is 19.3. The van der Waals surface area contributed by atoms with Crippen molar-refractivity contribution in [1.82, 2.24) is 0 Å². The van der Waals surface area contributed by atoms with Crippen LogP contribution in [0.5, 0.6) is 17.2 Å². The van der Waals surface area contributed by atoms with Crippen molar-refractivity contribution in [1.29, 1.82) is 0 Å². The van der Waals surface area contributed by atoms with E-state index in [9.17, 15) is 15.3 Å². The molecule has 254 valence electrons. The molecule has 0 saturated heterocycles. The molecule has 3 aromatic rings. The minimum Gasteiger partial charge on any atom is -0.508 e. The van der Waals surface area contributed by atoms with E-state index in [0.717, 1.165) is 66.3 Å². The molecule has 0 bridgehead atoms. The summed E-state index contributed by atoms with van der Waals surface area (Å²) in [4.78, 5) is 0. The summed E-state index contributed by atoms with van der Waals surface area (Å²) in [5, 5.41) is 33.7. The number of aryl methyl sites for hydroxylation is 3. The Bertz CT molecular complexity index is 1440. The average Bonchev–Trinajstić information content (AvgIpc) is 3.08. The maximum Gasteiger partial charge on any atom is 0.119 e. The zero-order valence-electron chi connectivity index (χ0n) is 29.7. The number of phenolic OH excluding ortho intramolecular Hbond substituents is 3. The zero-order valence-corrected chi connectivity index (χ0v) is 29.7. The van der Waals surface area contributed by atoms with Gasteiger partial charge in [-0.25, -0.2) is 0 Å². The molecule has 1 atom stereocenters. The Morgan fingerprint density at radius 1 is 0.489 bits per heavy atom. The van der Waals surface area contributed by atoms with Gasteiger partial charge in [0.1, 0.15) is 17.2 Å². The standard InChI is InChI=1S/C44H60O3/c1-5-31(35-25-38(42(45)21-28(35)2)32-15-9-6-10-16-32)24-41(36-26-39(43(46)22-29(36)3)33-17-11-7-12-18-33)37-27-40(44(47)23-30(37)4)34-19-13-8-14-20-34/h21-23,25-27,31-34,41,45-47H,5-20,24H2,1-4H3. The van der Waals surface area contributed by atoms with Gasteiger partial charge in [0.15, 0.2) is 0 Å². The van der Waals surface area contributed by atoms with E-state index in [2.05, 4.69) is 45.9 Å². The number of aromatic hydroxyl groups is 3. The first-order chi connectivity index (χ1) is 22.7. The highest BCUT2D eigenvalue weighted by molar-refractivity contribution is 5.53. The molecule has 0 radical (unpaired) electrons. The molecule has 0 aromatic heterocycles. The van der Waals surface area contributed by atoms with Crippen LogP contribution in [0.15, 0.2) is 36.4 Å². The summed E-state index contributed by atoms with van der Waals surface area (Å²) in [5.41, 5.74) is 10.9. The van der Waals surface area contributed by atoms with Gasteiger partial charge in [0.2, 0.25) is 0 Å². The van der Waals surface area contributed by atoms with E-state index in [1.165, 1.54) is 92.9 Å². The summed E-state index contributed by atoms with van der Waals surface area (Å²) in [7, 11) is 0. The van der Waals surface area contributed by atoms with Gasteiger partial charge in [-0.2, -0.15) is 0 Å². The Morgan fingerprint density at radius 3 is 1.15 bits per heavy atom. The highest BCUT2D eigenvalue weighted by Crippen LogP contribution is 2.48. The first-order valence-electron chi connectivity index (χ1n) is 19.2. The topological polar surface area (TPSA) is 60.7 Å². The van der Waals surface area contributed by atoms with Gasteiger partial charge < -0.3 is 15.3 Å². The van der Waals surface area contributed by atoms with Crippen LogP contribution in [0.25, 0.3) is 0 Å². The minimum absolute atomic E-state index is 0.136. The van der Waals surface area contributed by atoms with Gasteiger partial charge >= 0.3 is 0 Å². The number of hydrogen-bond acceptors (Lipinski definition) is 3. The van der Waals surface area contributed by atoms with Crippen LogP contribution in [-0.4, -0.2) is 15.3 Å². The summed E-state index contributed by atoms with van der Waals surface area (Å²) in [6, 6.07) is 13.2. The number of phenols is 3. The predicted octanol–water partition coefficient (Wildman–Crippen LogP) is 12.6. The van der Waals surface area contributed by atoms with E-state index < -0.39 is 0 Å². The molecule has 3 fully saturated rings. The Balaban J connectivity index is 1.46. The molecule has 3 N–H and O–H groups in total. The maximum absolute atomic E-state index is 11.3. The Morgan fingerprint density at radius 2 is 0.809 bits per heavy atom. The Kier molecular flexibility index (Phi) is 10.9. The van der Waals surface area contributed by atoms with E-state index in [1.807, 2.05) is 18.2 Å². The largest absolute Gasteiger partial charge is 0.508 e. The van der Waals surface area contributed by atoms with Gasteiger partial charge in [0, 0.05) is 5.92 Å². The summed E-state index contributed by atoms with van der Waals surface area (Å²) in [5.74, 6) is 3.14. The van der Waals surface area contributed by atoms with Gasteiger partial charge in [-0.3, -0.25) is 0 Å². The van der Waals surface area contributed by atoms with E-state index in [1.54, 1.807) is 0 Å². The van der Waals surface area contributed by atoms with Crippen molar-refractivity contribution in [3.8, 4) is 17.2 Å². The average molecular weight is 637 g/mol. The quantitative estimate of drug-likeness (QED) is 0.219. The lowest BCUT2D eigenvalue weighted by molar-refractivity contribution is 0.412. The van der Waals surface area contributed by atoms with Crippen LogP contribution in [0, 0.1) is 20.8 Å². The molecule has 0 aliphatic heterocycles. The van der Waals surface area contributed by atoms with Crippen LogP contribution in [0.2, 0.25) is 0 Å². The van der Waals surface area contributed by atoms with Gasteiger partial charge in [-0.15, -0.1) is 0 Å². The fourth-order valence-electron chi connectivity index (χ4n) is 9.81. The molecule has 3 aromatic carbocycles. The third-order valence-corrected chi connectivity index (χ3v) is 12.6. The smallest absolute Gasteiger partial charge is 0.119 e. The third kappa shape index (κ3) is 7.40. The minimum atomic E-state index is 0.136. The lowest BCUT2D eigenvalue weighted by atomic mass is 9.73. The van der Waals surface area contributed by atoms with Crippen LogP contribution in [0.4, 0.5) is 0 Å². The lowest BCUT2D eigenvalue weighted by Crippen LogP contribution is -2.15. The predicted molar refractivity (Wildman–Crippen MR) is 196 cm³/mol. The molecule has 47 heavy (non-hydrogen) atoms. The van der Waals surface area contributed by atoms with Crippen molar-refractivity contribution in [2.75, 3.05) is 0 Å². The van der Waals surface area contributed by atoms with Gasteiger partial charge in [0.05, 0.1) is 0 Å². The molecule has 3 aliphatic carbocycles. The molecular formula is C44H60O3. The third-order valence-electron chi connectivity index (χ3n) is 12.6. The fourth-order valence-corrected chi connectivity index (χ4v) is 9.81. The van der Waals surface area contributed by atoms with Crippen LogP contribution in [0.3, 0.4) is 0 Å². The van der Waals surface area contributed by atoms with E-state index in [4.69, 9.17) is 0 Å². The molecule has 3 heteroatoms. The van der Waals surface area contributed by atoms with Gasteiger partial charge in [-0.05, 0) is 164 Å². The number of rotatable bonds is 9. The van der Waals surface area contributed by atoms with Crippen molar-refractivity contribution < 1.29 is 15.3 Å². The van der Waals surface area contributed by atoms with Crippen LogP contribution in [0.1, 0.15) is 196 Å². The second-order valence-corrected chi connectivity index (χ2v) is 15.7. The molecule has 0 amide bonds. The van der Waals surface area contributed by atoms with Crippen molar-refractivity contribution in [2.45, 2.75) is 166 Å². The number of hydrogen-bond donors (Lipinski definition) is 3. The molecule has 6 rings (SSSR count). The summed E-state index contributed by atoms with van der Waals surface area (Å²) < 4.78 is 0. The highest BCUT2D eigenvalue weighted by Gasteiger charge is 2.30. The zero-order chi connectivity index (χ0) is 33.1. The summed E-state index contributed by atoms with van der Waals surface area (Å²) >= 11 is 0. The van der Waals surface area contributed by atoms with Gasteiger partial charge in [-0.1, -0.05) is 82.9 Å². The van der Waals surface area contributed by atoms with Crippen molar-refractivity contribution in [3.63, 3.8) is 0 Å². The second kappa shape index (κ2) is 15.1. The summed E-state index contributed by atoms with van der Waals surface area (Å²) in [6.07, 6.45) is 20.3. The van der Waals surface area contributed by atoms with Crippen molar-refractivity contribution >= 4 is 0 Å². The van der Waals surface area contributed by atoms with Crippen LogP contribution in [-0.2, 0) is 0 Å². The fraction of sp³-hybridized carbons (Fsp3) is 0.591. The number of benzene rings is 3. The van der Waals surface area contributed by atoms with E-state index in [-0.39, 0.29) is 5.92 Å². The molecule has 3 nitrogen and oxygen atoms in total. The molecular weight excluding hydrogens is 576 g/mol. The lowest BCUT2D eigenvalue weighted by Gasteiger charge is -2.32. The van der Waals surface area contributed by atoms with Crippen molar-refractivity contribution in [3.05, 3.63) is 86.5 Å². The molecule has 3 aliphatic rings. The monoisotopic (exact) mass is 636 g/mol. The van der Waals surface area contributed by atoms with Crippen LogP contribution < -0.4 is 0 Å². The van der Waals surface area contributed by atoms with Gasteiger partial charge in [0.25, 0.3) is 0 Å². The Hall–Kier alpha value is -2.94. The first kappa shape index (κ1) is 33.9.